The van der Waals surface area contributed by atoms with Crippen LogP contribution in [0.25, 0.3) is 0 Å². The zero-order valence-corrected chi connectivity index (χ0v) is 7.63. The van der Waals surface area contributed by atoms with Gasteiger partial charge in [0, 0.05) is 5.69 Å². The Morgan fingerprint density at radius 1 is 1.50 bits per heavy atom. The molecule has 0 N–H and O–H groups in total. The maximum Gasteiger partial charge on any atom is 0.139 e. The van der Waals surface area contributed by atoms with Gasteiger partial charge in [0.1, 0.15) is 10.8 Å². The number of rotatable bonds is 2. The molecule has 0 saturated carbocycles. The molecule has 0 aliphatic heterocycles. The van der Waals surface area contributed by atoms with E-state index in [1.165, 1.54) is 14.2 Å². The molecule has 0 bridgehead atoms. The molecule has 4 heteroatoms. The molecule has 0 fully saturated rings. The highest BCUT2D eigenvalue weighted by Crippen LogP contribution is 2.33. The normalized spacial score (nSPS) is 9.67. The Balaban J connectivity index is 3.14. The van der Waals surface area contributed by atoms with Gasteiger partial charge in [0.2, 0.25) is 0 Å². The minimum absolute atomic E-state index is 0.345. The van der Waals surface area contributed by atoms with E-state index in [1.54, 1.807) is 18.2 Å². The Kier molecular flexibility index (Phi) is 2.78. The molecule has 0 aliphatic carbocycles. The lowest BCUT2D eigenvalue weighted by Crippen LogP contribution is -2.06. The van der Waals surface area contributed by atoms with Crippen molar-refractivity contribution in [2.75, 3.05) is 19.2 Å². The van der Waals surface area contributed by atoms with Crippen molar-refractivity contribution in [3.8, 4) is 5.75 Å². The summed E-state index contributed by atoms with van der Waals surface area (Å²) in [6.45, 7) is 0. The van der Waals surface area contributed by atoms with Gasteiger partial charge in [-0.3, -0.25) is 0 Å². The van der Waals surface area contributed by atoms with Crippen LogP contribution in [0, 0.1) is 5.21 Å². The monoisotopic (exact) mass is 186 g/mol. The summed E-state index contributed by atoms with van der Waals surface area (Å²) in [5, 5.41) is 12.0. The standard InChI is InChI=1S/C8H9ClNO2/c1-10(11)6-4-3-5-7(12-2)8(6)9/h3-5H,1-2H3/q-1. The Morgan fingerprint density at radius 2 is 2.17 bits per heavy atom. The van der Waals surface area contributed by atoms with Gasteiger partial charge in [-0.25, -0.2) is 0 Å². The van der Waals surface area contributed by atoms with Gasteiger partial charge in [0.25, 0.3) is 0 Å². The fourth-order valence-corrected chi connectivity index (χ4v) is 1.22. The fraction of sp³-hybridized carbons (Fsp3) is 0.250. The van der Waals surface area contributed by atoms with Crippen LogP contribution in [0.1, 0.15) is 0 Å². The van der Waals surface area contributed by atoms with E-state index in [1.807, 2.05) is 0 Å². The number of hydroxylamine groups is 1. The van der Waals surface area contributed by atoms with E-state index >= 15 is 0 Å². The van der Waals surface area contributed by atoms with E-state index in [0.29, 0.717) is 21.5 Å². The number of hydrogen-bond acceptors (Lipinski definition) is 3. The highest BCUT2D eigenvalue weighted by Gasteiger charge is 2.04. The molecule has 66 valence electrons. The predicted octanol–water partition coefficient (Wildman–Crippen LogP) is 2.28. The van der Waals surface area contributed by atoms with Gasteiger partial charge in [-0.2, -0.15) is 0 Å². The van der Waals surface area contributed by atoms with E-state index in [-0.39, 0.29) is 0 Å². The molecule has 0 saturated heterocycles. The van der Waals surface area contributed by atoms with Gasteiger partial charge in [-0.05, 0) is 19.2 Å². The second-order valence-corrected chi connectivity index (χ2v) is 2.67. The molecule has 0 radical (unpaired) electrons. The van der Waals surface area contributed by atoms with Crippen LogP contribution in [-0.2, 0) is 0 Å². The number of anilines is 1. The summed E-state index contributed by atoms with van der Waals surface area (Å²) in [4.78, 5) is 0. The van der Waals surface area contributed by atoms with Crippen LogP contribution >= 0.6 is 11.6 Å². The molecule has 1 aromatic carbocycles. The van der Waals surface area contributed by atoms with Crippen molar-refractivity contribution in [2.45, 2.75) is 0 Å². The number of halogens is 1. The summed E-state index contributed by atoms with van der Waals surface area (Å²) in [5.74, 6) is 0.511. The topological polar surface area (TPSA) is 35.5 Å². The molecule has 1 rings (SSSR count). The summed E-state index contributed by atoms with van der Waals surface area (Å²) >= 11 is 5.84. The van der Waals surface area contributed by atoms with Crippen molar-refractivity contribution in [2.24, 2.45) is 0 Å². The maximum atomic E-state index is 10.9. The second kappa shape index (κ2) is 3.65. The Morgan fingerprint density at radius 3 is 2.67 bits per heavy atom. The summed E-state index contributed by atoms with van der Waals surface area (Å²) < 4.78 is 4.94. The average molecular weight is 187 g/mol. The van der Waals surface area contributed by atoms with Gasteiger partial charge in [-0.15, -0.1) is 0 Å². The Bertz CT molecular complexity index is 276. The highest BCUT2D eigenvalue weighted by molar-refractivity contribution is 6.34. The molecular weight excluding hydrogens is 178 g/mol. The number of hydrogen-bond donors (Lipinski definition) is 0. The van der Waals surface area contributed by atoms with E-state index in [2.05, 4.69) is 0 Å². The second-order valence-electron chi connectivity index (χ2n) is 2.29. The van der Waals surface area contributed by atoms with E-state index in [4.69, 9.17) is 16.3 Å². The van der Waals surface area contributed by atoms with Crippen LogP contribution in [0.5, 0.6) is 5.75 Å². The Hall–Kier alpha value is -0.930. The predicted molar refractivity (Wildman–Crippen MR) is 49.8 cm³/mol. The number of ether oxygens (including phenoxy) is 1. The molecule has 0 atom stereocenters. The third kappa shape index (κ3) is 1.62. The summed E-state index contributed by atoms with van der Waals surface area (Å²) in [6.07, 6.45) is 0. The SMILES string of the molecule is COc1cccc(N(C)[O-])c1Cl. The number of methoxy groups -OCH3 is 1. The van der Waals surface area contributed by atoms with Crippen molar-refractivity contribution in [1.29, 1.82) is 0 Å². The summed E-state index contributed by atoms with van der Waals surface area (Å²) in [6, 6.07) is 5.06. The van der Waals surface area contributed by atoms with Crippen molar-refractivity contribution in [1.82, 2.24) is 0 Å². The third-order valence-corrected chi connectivity index (χ3v) is 1.88. The first kappa shape index (κ1) is 9.16. The van der Waals surface area contributed by atoms with Crippen LogP contribution in [0.2, 0.25) is 5.02 Å². The molecule has 0 aromatic heterocycles. The first-order valence-corrected chi connectivity index (χ1v) is 3.78. The molecule has 0 unspecified atom stereocenters. The van der Waals surface area contributed by atoms with Crippen LogP contribution in [0.3, 0.4) is 0 Å². The van der Waals surface area contributed by atoms with Crippen LogP contribution in [0.4, 0.5) is 5.69 Å². The van der Waals surface area contributed by atoms with Gasteiger partial charge in [-0.1, -0.05) is 17.7 Å². The van der Waals surface area contributed by atoms with Crippen molar-refractivity contribution >= 4 is 17.3 Å². The van der Waals surface area contributed by atoms with E-state index in [0.717, 1.165) is 0 Å². The molecule has 3 nitrogen and oxygen atoms in total. The largest absolute Gasteiger partial charge is 0.758 e. The maximum absolute atomic E-state index is 10.9. The Labute approximate surface area is 76.1 Å². The quantitative estimate of drug-likeness (QED) is 0.665. The van der Waals surface area contributed by atoms with Crippen LogP contribution in [0.15, 0.2) is 18.2 Å². The first-order chi connectivity index (χ1) is 5.66. The van der Waals surface area contributed by atoms with Crippen molar-refractivity contribution in [3.63, 3.8) is 0 Å². The number of benzene rings is 1. The van der Waals surface area contributed by atoms with Crippen LogP contribution in [-0.4, -0.2) is 14.2 Å². The highest BCUT2D eigenvalue weighted by atomic mass is 35.5. The smallest absolute Gasteiger partial charge is 0.139 e. The molecule has 1 aromatic rings. The molecule has 0 spiro atoms. The van der Waals surface area contributed by atoms with Gasteiger partial charge in [0.15, 0.2) is 0 Å². The summed E-state index contributed by atoms with van der Waals surface area (Å²) in [5.41, 5.74) is 0.413. The van der Waals surface area contributed by atoms with Gasteiger partial charge < -0.3 is 15.0 Å². The fourth-order valence-electron chi connectivity index (χ4n) is 0.900. The lowest BCUT2D eigenvalue weighted by molar-refractivity contribution is 0.415. The average Bonchev–Trinajstić information content (AvgIpc) is 2.04. The molecular formula is C8H9ClNO2-. The van der Waals surface area contributed by atoms with Crippen molar-refractivity contribution in [3.05, 3.63) is 28.4 Å². The molecule has 0 amide bonds. The van der Waals surface area contributed by atoms with E-state index < -0.39 is 0 Å². The van der Waals surface area contributed by atoms with Gasteiger partial charge >= 0.3 is 0 Å². The zero-order chi connectivity index (χ0) is 9.14. The van der Waals surface area contributed by atoms with Gasteiger partial charge in [0.05, 0.1) is 7.11 Å². The minimum Gasteiger partial charge on any atom is -0.758 e. The third-order valence-electron chi connectivity index (χ3n) is 1.50. The van der Waals surface area contributed by atoms with Crippen molar-refractivity contribution < 1.29 is 4.74 Å². The number of nitrogens with zero attached hydrogens (tertiary/aromatic N) is 1. The van der Waals surface area contributed by atoms with Crippen LogP contribution < -0.4 is 9.80 Å². The summed E-state index contributed by atoms with van der Waals surface area (Å²) in [7, 11) is 2.90. The first-order valence-electron chi connectivity index (χ1n) is 3.40. The molecule has 12 heavy (non-hydrogen) atoms. The molecule has 0 heterocycles. The lowest BCUT2D eigenvalue weighted by atomic mass is 10.3. The molecule has 0 aliphatic rings. The zero-order valence-electron chi connectivity index (χ0n) is 6.87. The lowest BCUT2D eigenvalue weighted by Gasteiger charge is -2.26. The van der Waals surface area contributed by atoms with E-state index in [9.17, 15) is 5.21 Å². The minimum atomic E-state index is 0.345.